The first-order valence-corrected chi connectivity index (χ1v) is 8.65. The molecule has 0 radical (unpaired) electrons. The first kappa shape index (κ1) is 15.4. The standard InChI is InChI=1S/C19H15N3O2S/c1-13-12-25-19-21-16(11-22(13)19)18(23)20-15-9-5-6-10-17(15)24-14-7-3-2-4-8-14/h2-12H,1H3,(H,20,23). The van der Waals surface area contributed by atoms with Crippen LogP contribution in [0.4, 0.5) is 5.69 Å². The van der Waals surface area contributed by atoms with E-state index >= 15 is 0 Å². The SMILES string of the molecule is Cc1csc2nc(C(=O)Nc3ccccc3Oc3ccccc3)cn12. The molecule has 25 heavy (non-hydrogen) atoms. The smallest absolute Gasteiger partial charge is 0.276 e. The molecule has 0 aliphatic rings. The third-order valence-corrected chi connectivity index (χ3v) is 4.69. The second-order valence-corrected chi connectivity index (χ2v) is 6.36. The second-order valence-electron chi connectivity index (χ2n) is 5.52. The zero-order valence-corrected chi connectivity index (χ0v) is 14.3. The van der Waals surface area contributed by atoms with E-state index in [1.165, 1.54) is 11.3 Å². The molecule has 124 valence electrons. The third-order valence-electron chi connectivity index (χ3n) is 3.73. The molecule has 5 nitrogen and oxygen atoms in total. The molecule has 1 amide bonds. The van der Waals surface area contributed by atoms with Gasteiger partial charge < -0.3 is 10.1 Å². The Hall–Kier alpha value is -3.12. The summed E-state index contributed by atoms with van der Waals surface area (Å²) in [5.74, 6) is 1.03. The molecular formula is C19H15N3O2S. The van der Waals surface area contributed by atoms with Gasteiger partial charge in [-0.3, -0.25) is 9.20 Å². The Morgan fingerprint density at radius 1 is 1.12 bits per heavy atom. The van der Waals surface area contributed by atoms with Crippen molar-refractivity contribution in [2.24, 2.45) is 0 Å². The predicted molar refractivity (Wildman–Crippen MR) is 98.7 cm³/mol. The molecule has 6 heteroatoms. The Morgan fingerprint density at radius 3 is 2.68 bits per heavy atom. The molecule has 0 unspecified atom stereocenters. The molecule has 0 fully saturated rings. The number of aryl methyl sites for hydroxylation is 1. The first-order chi connectivity index (χ1) is 12.2. The number of fused-ring (bicyclic) bond motifs is 1. The summed E-state index contributed by atoms with van der Waals surface area (Å²) in [6, 6.07) is 16.8. The molecule has 0 spiro atoms. The molecule has 2 aromatic heterocycles. The largest absolute Gasteiger partial charge is 0.455 e. The molecule has 0 saturated heterocycles. The Labute approximate surface area is 148 Å². The molecule has 0 saturated carbocycles. The number of ether oxygens (including phenoxy) is 1. The van der Waals surface area contributed by atoms with E-state index in [-0.39, 0.29) is 5.91 Å². The Bertz CT molecular complexity index is 1040. The number of rotatable bonds is 4. The highest BCUT2D eigenvalue weighted by Crippen LogP contribution is 2.29. The monoisotopic (exact) mass is 349 g/mol. The number of anilines is 1. The number of carbonyl (C=O) groups is 1. The van der Waals surface area contributed by atoms with Crippen LogP contribution in [-0.4, -0.2) is 15.3 Å². The highest BCUT2D eigenvalue weighted by atomic mass is 32.1. The van der Waals surface area contributed by atoms with Gasteiger partial charge in [0.25, 0.3) is 5.91 Å². The van der Waals surface area contributed by atoms with Gasteiger partial charge in [0.2, 0.25) is 0 Å². The first-order valence-electron chi connectivity index (χ1n) is 7.77. The van der Waals surface area contributed by atoms with Crippen LogP contribution >= 0.6 is 11.3 Å². The number of hydrogen-bond acceptors (Lipinski definition) is 4. The van der Waals surface area contributed by atoms with Crippen molar-refractivity contribution in [2.45, 2.75) is 6.92 Å². The summed E-state index contributed by atoms with van der Waals surface area (Å²) in [7, 11) is 0. The molecule has 1 N–H and O–H groups in total. The summed E-state index contributed by atoms with van der Waals surface area (Å²) >= 11 is 1.51. The van der Waals surface area contributed by atoms with Gasteiger partial charge in [-0.2, -0.15) is 0 Å². The van der Waals surface area contributed by atoms with Crippen molar-refractivity contribution in [1.29, 1.82) is 0 Å². The average Bonchev–Trinajstić information content (AvgIpc) is 3.20. The van der Waals surface area contributed by atoms with Gasteiger partial charge in [0, 0.05) is 17.3 Å². The van der Waals surface area contributed by atoms with Crippen LogP contribution in [0.15, 0.2) is 66.2 Å². The van der Waals surface area contributed by atoms with Crippen LogP contribution < -0.4 is 10.1 Å². The highest BCUT2D eigenvalue weighted by molar-refractivity contribution is 7.15. The summed E-state index contributed by atoms with van der Waals surface area (Å²) in [6.45, 7) is 1.98. The highest BCUT2D eigenvalue weighted by Gasteiger charge is 2.15. The van der Waals surface area contributed by atoms with E-state index in [1.807, 2.05) is 65.2 Å². The number of para-hydroxylation sites is 3. The van der Waals surface area contributed by atoms with Crippen LogP contribution in [0.3, 0.4) is 0 Å². The third kappa shape index (κ3) is 3.12. The van der Waals surface area contributed by atoms with Gasteiger partial charge in [0.15, 0.2) is 10.7 Å². The van der Waals surface area contributed by atoms with Gasteiger partial charge in [0.05, 0.1) is 5.69 Å². The van der Waals surface area contributed by atoms with Gasteiger partial charge in [0.1, 0.15) is 11.4 Å². The minimum atomic E-state index is -0.264. The van der Waals surface area contributed by atoms with E-state index in [9.17, 15) is 4.79 Å². The van der Waals surface area contributed by atoms with Crippen LogP contribution in [0.5, 0.6) is 11.5 Å². The van der Waals surface area contributed by atoms with E-state index < -0.39 is 0 Å². The fourth-order valence-corrected chi connectivity index (χ4v) is 3.31. The van der Waals surface area contributed by atoms with E-state index in [0.29, 0.717) is 22.9 Å². The Morgan fingerprint density at radius 2 is 1.88 bits per heavy atom. The summed E-state index contributed by atoms with van der Waals surface area (Å²) in [6.07, 6.45) is 1.75. The number of imidazole rings is 1. The Balaban J connectivity index is 1.58. The van der Waals surface area contributed by atoms with Crippen LogP contribution in [-0.2, 0) is 0 Å². The lowest BCUT2D eigenvalue weighted by molar-refractivity contribution is 0.102. The van der Waals surface area contributed by atoms with Gasteiger partial charge in [-0.1, -0.05) is 30.3 Å². The van der Waals surface area contributed by atoms with Crippen LogP contribution in [0.1, 0.15) is 16.2 Å². The molecule has 2 aromatic carbocycles. The number of nitrogens with one attached hydrogen (secondary N) is 1. The number of amides is 1. The van der Waals surface area contributed by atoms with Gasteiger partial charge >= 0.3 is 0 Å². The summed E-state index contributed by atoms with van der Waals surface area (Å²) in [5, 5.41) is 4.89. The number of aromatic nitrogens is 2. The van der Waals surface area contributed by atoms with Crippen molar-refractivity contribution in [2.75, 3.05) is 5.32 Å². The number of benzene rings is 2. The van der Waals surface area contributed by atoms with Crippen LogP contribution in [0.25, 0.3) is 4.96 Å². The zero-order valence-electron chi connectivity index (χ0n) is 13.5. The summed E-state index contributed by atoms with van der Waals surface area (Å²) < 4.78 is 7.78. The quantitative estimate of drug-likeness (QED) is 0.578. The fourth-order valence-electron chi connectivity index (χ4n) is 2.46. The maximum Gasteiger partial charge on any atom is 0.276 e. The van der Waals surface area contributed by atoms with E-state index in [1.54, 1.807) is 12.3 Å². The second kappa shape index (κ2) is 6.41. The average molecular weight is 349 g/mol. The lowest BCUT2D eigenvalue weighted by Crippen LogP contribution is -2.13. The number of nitrogens with zero attached hydrogens (tertiary/aromatic N) is 2. The number of carbonyl (C=O) groups excluding carboxylic acids is 1. The molecule has 0 atom stereocenters. The summed E-state index contributed by atoms with van der Waals surface area (Å²) in [5.41, 5.74) is 2.04. The normalized spacial score (nSPS) is 10.8. The molecule has 4 aromatic rings. The van der Waals surface area contributed by atoms with E-state index in [2.05, 4.69) is 10.3 Å². The predicted octanol–water partition coefficient (Wildman–Crippen LogP) is 4.75. The lowest BCUT2D eigenvalue weighted by atomic mass is 10.2. The van der Waals surface area contributed by atoms with Crippen LogP contribution in [0, 0.1) is 6.92 Å². The summed E-state index contributed by atoms with van der Waals surface area (Å²) in [4.78, 5) is 17.7. The van der Waals surface area contributed by atoms with Crippen molar-refractivity contribution in [1.82, 2.24) is 9.38 Å². The van der Waals surface area contributed by atoms with Gasteiger partial charge in [-0.05, 0) is 31.2 Å². The number of thiazole rings is 1. The molecule has 0 bridgehead atoms. The van der Waals surface area contributed by atoms with Crippen molar-refractivity contribution in [3.8, 4) is 11.5 Å². The van der Waals surface area contributed by atoms with E-state index in [0.717, 1.165) is 10.7 Å². The topological polar surface area (TPSA) is 55.6 Å². The molecule has 0 aliphatic carbocycles. The maximum atomic E-state index is 12.6. The molecule has 2 heterocycles. The molecule has 4 rings (SSSR count). The van der Waals surface area contributed by atoms with E-state index in [4.69, 9.17) is 4.74 Å². The minimum absolute atomic E-state index is 0.264. The lowest BCUT2D eigenvalue weighted by Gasteiger charge is -2.11. The van der Waals surface area contributed by atoms with Crippen molar-refractivity contribution < 1.29 is 9.53 Å². The van der Waals surface area contributed by atoms with Crippen molar-refractivity contribution in [3.63, 3.8) is 0 Å². The molecular weight excluding hydrogens is 334 g/mol. The maximum absolute atomic E-state index is 12.6. The van der Waals surface area contributed by atoms with Crippen molar-refractivity contribution in [3.05, 3.63) is 77.6 Å². The Kier molecular flexibility index (Phi) is 3.95. The van der Waals surface area contributed by atoms with Crippen LogP contribution in [0.2, 0.25) is 0 Å². The zero-order chi connectivity index (χ0) is 17.2. The van der Waals surface area contributed by atoms with Crippen molar-refractivity contribution >= 4 is 27.9 Å². The number of hydrogen-bond donors (Lipinski definition) is 1. The fraction of sp³-hybridized carbons (Fsp3) is 0.0526. The van der Waals surface area contributed by atoms with Gasteiger partial charge in [-0.25, -0.2) is 4.98 Å². The molecule has 0 aliphatic heterocycles. The van der Waals surface area contributed by atoms with Gasteiger partial charge in [-0.15, -0.1) is 11.3 Å². The minimum Gasteiger partial charge on any atom is -0.455 e.